The number of hydrogen-bond acceptors (Lipinski definition) is 3. The van der Waals surface area contributed by atoms with Gasteiger partial charge in [-0.05, 0) is 12.2 Å². The van der Waals surface area contributed by atoms with Crippen LogP contribution in [-0.2, 0) is 5.75 Å². The summed E-state index contributed by atoms with van der Waals surface area (Å²) in [5, 5.41) is 6.09. The standard InChI is InChI=1S/C6H11N3OS/c1-2-3-11-4-5-7-6(10)9-8-5/h2-4H2,1H3,(H2,7,8,9,10). The summed E-state index contributed by atoms with van der Waals surface area (Å²) in [4.78, 5) is 13.1. The first-order valence-corrected chi connectivity index (χ1v) is 4.69. The van der Waals surface area contributed by atoms with E-state index in [-0.39, 0.29) is 5.69 Å². The molecule has 0 aromatic carbocycles. The summed E-state index contributed by atoms with van der Waals surface area (Å²) >= 11 is 1.77. The molecule has 0 fully saturated rings. The van der Waals surface area contributed by atoms with Crippen LogP contribution in [0, 0.1) is 0 Å². The Labute approximate surface area is 68.8 Å². The minimum Gasteiger partial charge on any atom is -0.292 e. The smallest absolute Gasteiger partial charge is 0.292 e. The van der Waals surface area contributed by atoms with Crippen molar-refractivity contribution in [2.24, 2.45) is 0 Å². The molecule has 2 N–H and O–H groups in total. The Kier molecular flexibility index (Phi) is 3.22. The first-order chi connectivity index (χ1) is 5.33. The molecule has 1 rings (SSSR count). The Hall–Kier alpha value is -0.710. The first-order valence-electron chi connectivity index (χ1n) is 3.54. The van der Waals surface area contributed by atoms with Gasteiger partial charge in [0.15, 0.2) is 0 Å². The van der Waals surface area contributed by atoms with Crippen LogP contribution in [0.3, 0.4) is 0 Å². The van der Waals surface area contributed by atoms with Gasteiger partial charge in [-0.1, -0.05) is 6.92 Å². The highest BCUT2D eigenvalue weighted by Gasteiger charge is 1.95. The van der Waals surface area contributed by atoms with E-state index in [0.717, 1.165) is 23.8 Å². The number of aromatic amines is 2. The quantitative estimate of drug-likeness (QED) is 0.660. The van der Waals surface area contributed by atoms with Crippen LogP contribution in [-0.4, -0.2) is 20.9 Å². The van der Waals surface area contributed by atoms with Crippen molar-refractivity contribution in [3.63, 3.8) is 0 Å². The number of rotatable bonds is 4. The molecule has 0 saturated carbocycles. The number of aromatic nitrogens is 3. The molecule has 0 aliphatic carbocycles. The molecular weight excluding hydrogens is 162 g/mol. The fourth-order valence-corrected chi connectivity index (χ4v) is 1.45. The van der Waals surface area contributed by atoms with Crippen molar-refractivity contribution >= 4 is 11.8 Å². The monoisotopic (exact) mass is 173 g/mol. The molecule has 4 nitrogen and oxygen atoms in total. The predicted octanol–water partition coefficient (Wildman–Crippen LogP) is 0.741. The number of nitrogens with one attached hydrogen (secondary N) is 2. The zero-order valence-corrected chi connectivity index (χ0v) is 7.20. The van der Waals surface area contributed by atoms with Crippen molar-refractivity contribution < 1.29 is 0 Å². The molecule has 1 aromatic rings. The molecule has 0 aliphatic heterocycles. The first kappa shape index (κ1) is 8.39. The fourth-order valence-electron chi connectivity index (χ4n) is 0.687. The maximum Gasteiger partial charge on any atom is 0.340 e. The van der Waals surface area contributed by atoms with E-state index in [9.17, 15) is 4.79 Å². The van der Waals surface area contributed by atoms with E-state index >= 15 is 0 Å². The average Bonchev–Trinajstić information content (AvgIpc) is 2.37. The van der Waals surface area contributed by atoms with Crippen LogP contribution in [0.25, 0.3) is 0 Å². The average molecular weight is 173 g/mol. The lowest BCUT2D eigenvalue weighted by molar-refractivity contribution is 1.01. The highest BCUT2D eigenvalue weighted by Crippen LogP contribution is 2.06. The maximum absolute atomic E-state index is 10.5. The van der Waals surface area contributed by atoms with Crippen molar-refractivity contribution in [3.05, 3.63) is 16.3 Å². The molecule has 1 aromatic heterocycles. The van der Waals surface area contributed by atoms with Gasteiger partial charge >= 0.3 is 5.69 Å². The normalized spacial score (nSPS) is 10.3. The fraction of sp³-hybridized carbons (Fsp3) is 0.667. The van der Waals surface area contributed by atoms with Gasteiger partial charge < -0.3 is 0 Å². The van der Waals surface area contributed by atoms with E-state index in [4.69, 9.17) is 0 Å². The molecule has 0 atom stereocenters. The Balaban J connectivity index is 2.33. The summed E-state index contributed by atoms with van der Waals surface area (Å²) in [5.41, 5.74) is -0.225. The maximum atomic E-state index is 10.5. The summed E-state index contributed by atoms with van der Waals surface area (Å²) in [6.07, 6.45) is 1.15. The van der Waals surface area contributed by atoms with Gasteiger partial charge in [0, 0.05) is 0 Å². The molecule has 0 saturated heterocycles. The van der Waals surface area contributed by atoms with Crippen LogP contribution in [0.2, 0.25) is 0 Å². The summed E-state index contributed by atoms with van der Waals surface area (Å²) < 4.78 is 0. The van der Waals surface area contributed by atoms with E-state index in [2.05, 4.69) is 22.1 Å². The summed E-state index contributed by atoms with van der Waals surface area (Å²) in [6.45, 7) is 2.13. The van der Waals surface area contributed by atoms with E-state index < -0.39 is 0 Å². The van der Waals surface area contributed by atoms with Crippen LogP contribution in [0.4, 0.5) is 0 Å². The Morgan fingerprint density at radius 1 is 1.64 bits per heavy atom. The second-order valence-corrected chi connectivity index (χ2v) is 3.28. The molecular formula is C6H11N3OS. The molecule has 0 unspecified atom stereocenters. The van der Waals surface area contributed by atoms with Gasteiger partial charge in [-0.25, -0.2) is 9.89 Å². The van der Waals surface area contributed by atoms with Crippen molar-refractivity contribution in [2.75, 3.05) is 5.75 Å². The van der Waals surface area contributed by atoms with Crippen LogP contribution >= 0.6 is 11.8 Å². The number of hydrogen-bond donors (Lipinski definition) is 2. The predicted molar refractivity (Wildman–Crippen MR) is 45.7 cm³/mol. The number of H-pyrrole nitrogens is 2. The third-order valence-electron chi connectivity index (χ3n) is 1.14. The lowest BCUT2D eigenvalue weighted by atomic mass is 10.6. The van der Waals surface area contributed by atoms with E-state index in [1.165, 1.54) is 0 Å². The molecule has 0 spiro atoms. The largest absolute Gasteiger partial charge is 0.340 e. The molecule has 0 amide bonds. The summed E-state index contributed by atoms with van der Waals surface area (Å²) in [7, 11) is 0. The van der Waals surface area contributed by atoms with E-state index in [0.29, 0.717) is 0 Å². The molecule has 11 heavy (non-hydrogen) atoms. The minimum absolute atomic E-state index is 0.225. The molecule has 0 aliphatic rings. The lowest BCUT2D eigenvalue weighted by Crippen LogP contribution is -2.00. The third kappa shape index (κ3) is 2.80. The lowest BCUT2D eigenvalue weighted by Gasteiger charge is -1.92. The molecule has 62 valence electrons. The zero-order chi connectivity index (χ0) is 8.10. The second kappa shape index (κ2) is 4.23. The molecule has 0 radical (unpaired) electrons. The van der Waals surface area contributed by atoms with Crippen molar-refractivity contribution in [2.45, 2.75) is 19.1 Å². The van der Waals surface area contributed by atoms with Gasteiger partial charge in [0.25, 0.3) is 0 Å². The van der Waals surface area contributed by atoms with Gasteiger partial charge in [-0.15, -0.1) is 0 Å². The Bertz CT molecular complexity index is 254. The van der Waals surface area contributed by atoms with Crippen LogP contribution in [0.5, 0.6) is 0 Å². The summed E-state index contributed by atoms with van der Waals surface area (Å²) in [6, 6.07) is 0. The van der Waals surface area contributed by atoms with Crippen molar-refractivity contribution in [1.82, 2.24) is 15.2 Å². The van der Waals surface area contributed by atoms with Crippen LogP contribution in [0.15, 0.2) is 4.79 Å². The van der Waals surface area contributed by atoms with Gasteiger partial charge in [0.05, 0.1) is 5.75 Å². The highest BCUT2D eigenvalue weighted by molar-refractivity contribution is 7.98. The highest BCUT2D eigenvalue weighted by atomic mass is 32.2. The Morgan fingerprint density at radius 3 is 3.00 bits per heavy atom. The van der Waals surface area contributed by atoms with E-state index in [1.54, 1.807) is 11.8 Å². The Morgan fingerprint density at radius 2 is 2.45 bits per heavy atom. The van der Waals surface area contributed by atoms with Crippen molar-refractivity contribution in [3.8, 4) is 0 Å². The summed E-state index contributed by atoms with van der Waals surface area (Å²) in [5.74, 6) is 2.62. The van der Waals surface area contributed by atoms with Gasteiger partial charge in [0.2, 0.25) is 0 Å². The number of nitrogens with zero attached hydrogens (tertiary/aromatic N) is 1. The number of thioether (sulfide) groups is 1. The molecule has 1 heterocycles. The van der Waals surface area contributed by atoms with E-state index in [1.807, 2.05) is 0 Å². The second-order valence-electron chi connectivity index (χ2n) is 2.18. The van der Waals surface area contributed by atoms with Gasteiger partial charge in [-0.3, -0.25) is 4.98 Å². The zero-order valence-electron chi connectivity index (χ0n) is 6.39. The van der Waals surface area contributed by atoms with Crippen LogP contribution in [0.1, 0.15) is 19.2 Å². The molecule has 0 bridgehead atoms. The third-order valence-corrected chi connectivity index (χ3v) is 2.31. The SMILES string of the molecule is CCCSCc1n[nH]c(=O)[nH]1. The van der Waals surface area contributed by atoms with Crippen molar-refractivity contribution in [1.29, 1.82) is 0 Å². The van der Waals surface area contributed by atoms with Gasteiger partial charge in [-0.2, -0.15) is 16.9 Å². The van der Waals surface area contributed by atoms with Gasteiger partial charge in [0.1, 0.15) is 5.82 Å². The topological polar surface area (TPSA) is 61.5 Å². The molecule has 5 heteroatoms. The van der Waals surface area contributed by atoms with Crippen LogP contribution < -0.4 is 5.69 Å². The minimum atomic E-state index is -0.225.